The fraction of sp³-hybridized carbons (Fsp3) is 0.588. The molecule has 27 heavy (non-hydrogen) atoms. The number of alkyl halides is 3. The van der Waals surface area contributed by atoms with Gasteiger partial charge in [0.25, 0.3) is 0 Å². The maximum Gasteiger partial charge on any atom is 0.393 e. The number of aromatic nitrogens is 2. The molecule has 0 N–H and O–H groups in total. The van der Waals surface area contributed by atoms with Crippen molar-refractivity contribution in [1.29, 1.82) is 0 Å². The van der Waals surface area contributed by atoms with Gasteiger partial charge < -0.3 is 9.80 Å². The van der Waals surface area contributed by atoms with Gasteiger partial charge in [-0.3, -0.25) is 4.99 Å². The van der Waals surface area contributed by atoms with Crippen molar-refractivity contribution in [1.82, 2.24) is 14.9 Å². The van der Waals surface area contributed by atoms with Crippen LogP contribution in [-0.2, 0) is 6.42 Å². The Hall–Kier alpha value is -1.55. The Morgan fingerprint density at radius 2 is 1.93 bits per heavy atom. The van der Waals surface area contributed by atoms with E-state index in [4.69, 9.17) is 0 Å². The van der Waals surface area contributed by atoms with Crippen LogP contribution in [0.4, 0.5) is 19.0 Å². The van der Waals surface area contributed by atoms with Crippen LogP contribution in [0.2, 0.25) is 0 Å². The number of amidine groups is 1. The van der Waals surface area contributed by atoms with Crippen molar-refractivity contribution in [2.24, 2.45) is 4.99 Å². The van der Waals surface area contributed by atoms with E-state index in [1.54, 1.807) is 6.07 Å². The third-order valence-corrected chi connectivity index (χ3v) is 7.50. The Balaban J connectivity index is 1.33. The molecule has 5 heterocycles. The number of aliphatic imine (C=N–C) groups is 1. The van der Waals surface area contributed by atoms with Crippen molar-refractivity contribution in [2.45, 2.75) is 43.3 Å². The predicted molar refractivity (Wildman–Crippen MR) is 103 cm³/mol. The highest BCUT2D eigenvalue weighted by Gasteiger charge is 2.54. The number of nitrogens with zero attached hydrogens (tertiary/aromatic N) is 5. The molecule has 3 aliphatic heterocycles. The topological polar surface area (TPSA) is 44.6 Å². The van der Waals surface area contributed by atoms with Crippen LogP contribution in [0.5, 0.6) is 0 Å². The largest absolute Gasteiger partial charge is 0.393 e. The van der Waals surface area contributed by atoms with Gasteiger partial charge in [-0.05, 0) is 19.9 Å². The molecule has 0 saturated carbocycles. The second-order valence-corrected chi connectivity index (χ2v) is 10.6. The molecule has 1 unspecified atom stereocenters. The first kappa shape index (κ1) is 17.5. The number of halogens is 3. The smallest absolute Gasteiger partial charge is 0.347 e. The van der Waals surface area contributed by atoms with Crippen LogP contribution in [0.25, 0.3) is 10.2 Å². The van der Waals surface area contributed by atoms with Crippen LogP contribution in [0.1, 0.15) is 18.7 Å². The molecule has 2 aromatic heterocycles. The fourth-order valence-corrected chi connectivity index (χ4v) is 5.94. The van der Waals surface area contributed by atoms with Gasteiger partial charge in [-0.2, -0.15) is 13.2 Å². The lowest BCUT2D eigenvalue weighted by Gasteiger charge is -2.62. The molecule has 144 valence electrons. The first-order valence-corrected chi connectivity index (χ1v) is 10.4. The summed E-state index contributed by atoms with van der Waals surface area (Å²) in [5.74, 6) is 0.756. The highest BCUT2D eigenvalue weighted by molar-refractivity contribution is 8.15. The summed E-state index contributed by atoms with van der Waals surface area (Å²) in [6.07, 6.45) is -3.67. The third kappa shape index (κ3) is 2.97. The zero-order valence-electron chi connectivity index (χ0n) is 14.8. The number of anilines is 1. The second-order valence-electron chi connectivity index (χ2n) is 7.82. The van der Waals surface area contributed by atoms with Crippen molar-refractivity contribution in [3.63, 3.8) is 0 Å². The van der Waals surface area contributed by atoms with Crippen molar-refractivity contribution < 1.29 is 13.2 Å². The maximum atomic E-state index is 12.7. The van der Waals surface area contributed by atoms with Crippen LogP contribution >= 0.6 is 23.1 Å². The van der Waals surface area contributed by atoms with Crippen molar-refractivity contribution >= 4 is 44.3 Å². The van der Waals surface area contributed by atoms with Crippen molar-refractivity contribution in [3.05, 3.63) is 17.3 Å². The van der Waals surface area contributed by atoms with E-state index < -0.39 is 12.6 Å². The maximum absolute atomic E-state index is 12.7. The summed E-state index contributed by atoms with van der Waals surface area (Å²) in [6, 6.07) is 2.37. The quantitative estimate of drug-likeness (QED) is 0.754. The molecule has 0 radical (unpaired) electrons. The molecular formula is C17H18F3N5S2. The van der Waals surface area contributed by atoms with Crippen LogP contribution in [0, 0.1) is 0 Å². The second kappa shape index (κ2) is 5.73. The number of hydrogen-bond donors (Lipinski definition) is 0. The minimum absolute atomic E-state index is 0.161. The van der Waals surface area contributed by atoms with Gasteiger partial charge in [-0.25, -0.2) is 9.97 Å². The van der Waals surface area contributed by atoms with E-state index in [-0.39, 0.29) is 9.62 Å². The Bertz CT molecular complexity index is 938. The number of thioether (sulfide) groups is 1. The SMILES string of the molecule is CC1(C)CN=C(N2CC3[C@H]2CN3c2ncnc3sc(CC(F)(F)F)cc23)S1. The van der Waals surface area contributed by atoms with E-state index in [0.29, 0.717) is 16.9 Å². The summed E-state index contributed by atoms with van der Waals surface area (Å²) >= 11 is 2.93. The van der Waals surface area contributed by atoms with Gasteiger partial charge >= 0.3 is 6.18 Å². The highest BCUT2D eigenvalue weighted by atomic mass is 32.2. The number of likely N-dealkylation sites (tertiary alicyclic amines) is 1. The van der Waals surface area contributed by atoms with Crippen LogP contribution in [-0.4, -0.2) is 62.7 Å². The van der Waals surface area contributed by atoms with Gasteiger partial charge in [0, 0.05) is 22.7 Å². The van der Waals surface area contributed by atoms with Crippen molar-refractivity contribution in [2.75, 3.05) is 24.5 Å². The highest BCUT2D eigenvalue weighted by Crippen LogP contribution is 2.44. The van der Waals surface area contributed by atoms with Crippen LogP contribution < -0.4 is 4.90 Å². The molecule has 5 nitrogen and oxygen atoms in total. The number of thiophene rings is 1. The van der Waals surface area contributed by atoms with E-state index in [0.717, 1.165) is 47.3 Å². The summed E-state index contributed by atoms with van der Waals surface area (Å²) in [5.41, 5.74) is 0. The van der Waals surface area contributed by atoms with E-state index >= 15 is 0 Å². The molecule has 0 aliphatic carbocycles. The first-order chi connectivity index (χ1) is 12.7. The Morgan fingerprint density at radius 1 is 1.19 bits per heavy atom. The third-order valence-electron chi connectivity index (χ3n) is 5.23. The monoisotopic (exact) mass is 413 g/mol. The van der Waals surface area contributed by atoms with E-state index in [1.165, 1.54) is 6.33 Å². The molecule has 0 spiro atoms. The Kier molecular flexibility index (Phi) is 3.72. The molecule has 0 aromatic carbocycles. The Morgan fingerprint density at radius 3 is 2.56 bits per heavy atom. The normalized spacial score (nSPS) is 26.6. The van der Waals surface area contributed by atoms with E-state index in [2.05, 4.69) is 38.6 Å². The number of rotatable bonds is 2. The van der Waals surface area contributed by atoms with E-state index in [9.17, 15) is 13.2 Å². The minimum Gasteiger partial charge on any atom is -0.347 e. The van der Waals surface area contributed by atoms with Gasteiger partial charge in [0.05, 0.1) is 30.4 Å². The summed E-state index contributed by atoms with van der Waals surface area (Å²) in [5, 5.41) is 1.85. The molecule has 10 heteroatoms. The standard InChI is InChI=1S/C17H18F3N5S2/c1-16(2)7-21-15(27-16)25-6-11-12(25)5-24(11)13-10-3-9(4-17(18,19)20)26-14(10)23-8-22-13/h3,8,11-12H,4-7H2,1-2H3/t11?,12-/m1/s1. The Labute approximate surface area is 162 Å². The fourth-order valence-electron chi connectivity index (χ4n) is 3.84. The summed E-state index contributed by atoms with van der Waals surface area (Å²) < 4.78 is 38.3. The van der Waals surface area contributed by atoms with E-state index in [1.807, 2.05) is 11.8 Å². The molecule has 2 saturated heterocycles. The lowest BCUT2D eigenvalue weighted by atomic mass is 9.86. The van der Waals surface area contributed by atoms with Gasteiger partial charge in [-0.1, -0.05) is 11.8 Å². The molecule has 3 aliphatic rings. The summed E-state index contributed by atoms with van der Waals surface area (Å²) in [6.45, 7) is 6.95. The molecule has 2 aromatic rings. The molecule has 2 atom stereocenters. The lowest BCUT2D eigenvalue weighted by molar-refractivity contribution is -0.126. The first-order valence-electron chi connectivity index (χ1n) is 8.77. The van der Waals surface area contributed by atoms with Gasteiger partial charge in [0.1, 0.15) is 17.0 Å². The number of hydrogen-bond acceptors (Lipinski definition) is 7. The van der Waals surface area contributed by atoms with Gasteiger partial charge in [0.2, 0.25) is 0 Å². The average molecular weight is 413 g/mol. The van der Waals surface area contributed by atoms with Crippen LogP contribution in [0.3, 0.4) is 0 Å². The zero-order chi connectivity index (χ0) is 19.0. The van der Waals surface area contributed by atoms with Crippen molar-refractivity contribution in [3.8, 4) is 0 Å². The number of piperazine rings is 1. The van der Waals surface area contributed by atoms with Gasteiger partial charge in [-0.15, -0.1) is 11.3 Å². The molecule has 5 rings (SSSR count). The molecule has 2 fully saturated rings. The number of fused-ring (bicyclic) bond motifs is 2. The molecular weight excluding hydrogens is 395 g/mol. The van der Waals surface area contributed by atoms with Gasteiger partial charge in [0.15, 0.2) is 5.17 Å². The zero-order valence-corrected chi connectivity index (χ0v) is 16.5. The predicted octanol–water partition coefficient (Wildman–Crippen LogP) is 3.55. The lowest BCUT2D eigenvalue weighted by Crippen LogP contribution is -2.79. The van der Waals surface area contributed by atoms with Crippen LogP contribution in [0.15, 0.2) is 17.4 Å². The molecule has 0 amide bonds. The minimum atomic E-state index is -4.21. The summed E-state index contributed by atoms with van der Waals surface area (Å²) in [7, 11) is 0. The average Bonchev–Trinajstić information content (AvgIpc) is 3.09. The summed E-state index contributed by atoms with van der Waals surface area (Å²) in [4.78, 5) is 18.7. The molecule has 0 bridgehead atoms.